The molecule has 37 heavy (non-hydrogen) atoms. The average molecular weight is 505 g/mol. The van der Waals surface area contributed by atoms with E-state index < -0.39 is 11.8 Å². The molecule has 3 saturated heterocycles. The Morgan fingerprint density at radius 2 is 1.46 bits per heavy atom. The zero-order chi connectivity index (χ0) is 26.2. The van der Waals surface area contributed by atoms with Crippen molar-refractivity contribution in [3.05, 3.63) is 70.8 Å². The highest BCUT2D eigenvalue weighted by Gasteiger charge is 2.55. The number of piperidine rings is 1. The van der Waals surface area contributed by atoms with Crippen molar-refractivity contribution in [1.29, 1.82) is 0 Å². The van der Waals surface area contributed by atoms with Crippen molar-refractivity contribution < 1.29 is 19.1 Å². The molecule has 8 nitrogen and oxygen atoms in total. The Morgan fingerprint density at radius 1 is 0.811 bits per heavy atom. The molecule has 5 rings (SSSR count). The summed E-state index contributed by atoms with van der Waals surface area (Å²) in [5.74, 6) is -0.250. The van der Waals surface area contributed by atoms with Gasteiger partial charge in [0.05, 0.1) is 6.61 Å². The number of likely N-dealkylation sites (N-methyl/N-ethyl adjacent to an activating group) is 1. The van der Waals surface area contributed by atoms with Gasteiger partial charge in [-0.25, -0.2) is 0 Å². The Bertz CT molecular complexity index is 1160. The van der Waals surface area contributed by atoms with Gasteiger partial charge >= 0.3 is 0 Å². The molecule has 3 heterocycles. The van der Waals surface area contributed by atoms with Gasteiger partial charge in [-0.05, 0) is 44.7 Å². The molecule has 2 aromatic carbocycles. The van der Waals surface area contributed by atoms with Gasteiger partial charge in [0, 0.05) is 63.2 Å². The average Bonchev–Trinajstić information content (AvgIpc) is 3.27. The number of aryl methyl sites for hydroxylation is 2. The SMILES string of the molecule is Cc1ccc(C(=O)N2[C@H](C(=O)N3CCN(C)CC3)COC23CCN(C(=O)c2ccccc2C)CC3)cc1. The normalized spacial score (nSPS) is 21.9. The third kappa shape index (κ3) is 4.88. The molecule has 1 atom stereocenters. The van der Waals surface area contributed by atoms with Crippen LogP contribution in [0.15, 0.2) is 48.5 Å². The molecule has 0 saturated carbocycles. The van der Waals surface area contributed by atoms with Gasteiger partial charge in [-0.3, -0.25) is 19.3 Å². The van der Waals surface area contributed by atoms with Crippen molar-refractivity contribution >= 4 is 17.7 Å². The van der Waals surface area contributed by atoms with Crippen molar-refractivity contribution in [1.82, 2.24) is 19.6 Å². The number of piperazine rings is 1. The summed E-state index contributed by atoms with van der Waals surface area (Å²) in [5, 5.41) is 0. The Labute approximate surface area is 218 Å². The fourth-order valence-corrected chi connectivity index (χ4v) is 5.67. The van der Waals surface area contributed by atoms with Gasteiger partial charge < -0.3 is 19.4 Å². The van der Waals surface area contributed by atoms with Crippen LogP contribution < -0.4 is 0 Å². The first-order valence-electron chi connectivity index (χ1n) is 13.2. The van der Waals surface area contributed by atoms with Crippen LogP contribution in [0.4, 0.5) is 0 Å². The molecule has 3 aliphatic rings. The quantitative estimate of drug-likeness (QED) is 0.643. The first-order valence-corrected chi connectivity index (χ1v) is 13.2. The molecule has 1 spiro atoms. The second-order valence-electron chi connectivity index (χ2n) is 10.5. The standard InChI is InChI=1S/C29H36N4O4/c1-21-8-10-23(11-9-21)26(34)33-25(28(36)32-18-16-30(3)17-19-32)20-37-29(33)12-14-31(15-13-29)27(35)24-7-5-4-6-22(24)2/h4-11,25H,12-20H2,1-3H3/t25-/m0/s1. The third-order valence-corrected chi connectivity index (χ3v) is 8.09. The van der Waals surface area contributed by atoms with Gasteiger partial charge in [0.2, 0.25) is 5.91 Å². The third-order valence-electron chi connectivity index (χ3n) is 8.09. The van der Waals surface area contributed by atoms with Crippen LogP contribution in [0.1, 0.15) is 44.7 Å². The van der Waals surface area contributed by atoms with Gasteiger partial charge in [0.1, 0.15) is 11.8 Å². The van der Waals surface area contributed by atoms with E-state index in [9.17, 15) is 14.4 Å². The number of carbonyl (C=O) groups is 3. The molecule has 3 aliphatic heterocycles. The lowest BCUT2D eigenvalue weighted by Gasteiger charge is -2.45. The van der Waals surface area contributed by atoms with Crippen molar-refractivity contribution in [2.45, 2.75) is 38.5 Å². The molecule has 0 bridgehead atoms. The maximum absolute atomic E-state index is 13.9. The highest BCUT2D eigenvalue weighted by atomic mass is 16.5. The van der Waals surface area contributed by atoms with E-state index in [1.807, 2.05) is 72.2 Å². The predicted molar refractivity (Wildman–Crippen MR) is 140 cm³/mol. The summed E-state index contributed by atoms with van der Waals surface area (Å²) in [5.41, 5.74) is 2.35. The second kappa shape index (κ2) is 10.3. The van der Waals surface area contributed by atoms with Gasteiger partial charge in [-0.15, -0.1) is 0 Å². The zero-order valence-corrected chi connectivity index (χ0v) is 22.0. The first kappa shape index (κ1) is 25.4. The van der Waals surface area contributed by atoms with E-state index in [4.69, 9.17) is 4.74 Å². The van der Waals surface area contributed by atoms with Crippen LogP contribution in [0.25, 0.3) is 0 Å². The van der Waals surface area contributed by atoms with Crippen molar-refractivity contribution in [2.75, 3.05) is 52.9 Å². The minimum atomic E-state index is -0.905. The number of likely N-dealkylation sites (tertiary alicyclic amines) is 1. The molecular weight excluding hydrogens is 468 g/mol. The number of hydrogen-bond acceptors (Lipinski definition) is 5. The fraction of sp³-hybridized carbons (Fsp3) is 0.483. The van der Waals surface area contributed by atoms with E-state index in [2.05, 4.69) is 11.9 Å². The van der Waals surface area contributed by atoms with Gasteiger partial charge in [0.15, 0.2) is 0 Å². The van der Waals surface area contributed by atoms with Gasteiger partial charge in [-0.1, -0.05) is 35.9 Å². The second-order valence-corrected chi connectivity index (χ2v) is 10.5. The largest absolute Gasteiger partial charge is 0.353 e. The topological polar surface area (TPSA) is 73.4 Å². The molecule has 196 valence electrons. The summed E-state index contributed by atoms with van der Waals surface area (Å²) < 4.78 is 6.37. The van der Waals surface area contributed by atoms with Crippen LogP contribution >= 0.6 is 0 Å². The van der Waals surface area contributed by atoms with Crippen LogP contribution in [-0.4, -0.2) is 102 Å². The molecular formula is C29H36N4O4. The van der Waals surface area contributed by atoms with Crippen molar-refractivity contribution in [3.63, 3.8) is 0 Å². The maximum atomic E-state index is 13.9. The highest BCUT2D eigenvalue weighted by molar-refractivity contribution is 5.99. The lowest BCUT2D eigenvalue weighted by atomic mass is 9.95. The zero-order valence-electron chi connectivity index (χ0n) is 22.0. The van der Waals surface area contributed by atoms with Crippen LogP contribution in [0, 0.1) is 13.8 Å². The van der Waals surface area contributed by atoms with Crippen LogP contribution in [-0.2, 0) is 9.53 Å². The molecule has 8 heteroatoms. The number of nitrogens with zero attached hydrogens (tertiary/aromatic N) is 4. The summed E-state index contributed by atoms with van der Waals surface area (Å²) in [6.45, 7) is 7.92. The summed E-state index contributed by atoms with van der Waals surface area (Å²) in [4.78, 5) is 48.5. The Hall–Kier alpha value is -3.23. The maximum Gasteiger partial charge on any atom is 0.256 e. The monoisotopic (exact) mass is 504 g/mol. The van der Waals surface area contributed by atoms with Crippen molar-refractivity contribution in [2.24, 2.45) is 0 Å². The van der Waals surface area contributed by atoms with Crippen LogP contribution in [0.2, 0.25) is 0 Å². The van der Waals surface area contributed by atoms with E-state index in [-0.39, 0.29) is 24.3 Å². The van der Waals surface area contributed by atoms with E-state index in [1.165, 1.54) is 0 Å². The molecule has 0 radical (unpaired) electrons. The highest BCUT2D eigenvalue weighted by Crippen LogP contribution is 2.39. The Morgan fingerprint density at radius 3 is 2.11 bits per heavy atom. The lowest BCUT2D eigenvalue weighted by molar-refractivity contribution is -0.139. The van der Waals surface area contributed by atoms with E-state index in [1.54, 1.807) is 4.90 Å². The molecule has 0 aliphatic carbocycles. The Balaban J connectivity index is 1.39. The number of carbonyl (C=O) groups excluding carboxylic acids is 3. The van der Waals surface area contributed by atoms with Crippen LogP contribution in [0.5, 0.6) is 0 Å². The molecule has 2 aromatic rings. The number of hydrogen-bond donors (Lipinski definition) is 0. The summed E-state index contributed by atoms with van der Waals surface area (Å²) in [6.07, 6.45) is 0.934. The molecule has 0 aromatic heterocycles. The van der Waals surface area contributed by atoms with Gasteiger partial charge in [-0.2, -0.15) is 0 Å². The smallest absolute Gasteiger partial charge is 0.256 e. The predicted octanol–water partition coefficient (Wildman–Crippen LogP) is 2.55. The lowest BCUT2D eigenvalue weighted by Crippen LogP contribution is -2.61. The van der Waals surface area contributed by atoms with Crippen molar-refractivity contribution in [3.8, 4) is 0 Å². The minimum Gasteiger partial charge on any atom is -0.353 e. The van der Waals surface area contributed by atoms with E-state index in [0.717, 1.165) is 24.2 Å². The summed E-state index contributed by atoms with van der Waals surface area (Å²) in [7, 11) is 2.05. The number of ether oxygens (including phenoxy) is 1. The molecule has 0 unspecified atom stereocenters. The number of amides is 3. The van der Waals surface area contributed by atoms with Crippen LogP contribution in [0.3, 0.4) is 0 Å². The number of rotatable bonds is 3. The minimum absolute atomic E-state index is 0.00702. The van der Waals surface area contributed by atoms with E-state index >= 15 is 0 Å². The van der Waals surface area contributed by atoms with Gasteiger partial charge in [0.25, 0.3) is 11.8 Å². The van der Waals surface area contributed by atoms with E-state index in [0.29, 0.717) is 50.1 Å². The summed E-state index contributed by atoms with van der Waals surface area (Å²) in [6, 6.07) is 14.4. The fourth-order valence-electron chi connectivity index (χ4n) is 5.67. The Kier molecular flexibility index (Phi) is 7.05. The number of benzene rings is 2. The molecule has 0 N–H and O–H groups in total. The summed E-state index contributed by atoms with van der Waals surface area (Å²) >= 11 is 0. The molecule has 3 fully saturated rings. The first-order chi connectivity index (χ1) is 17.8. The molecule has 3 amide bonds.